The molecule has 1 unspecified atom stereocenters. The van der Waals surface area contributed by atoms with Crippen molar-refractivity contribution >= 4 is 21.6 Å². The van der Waals surface area contributed by atoms with E-state index in [-0.39, 0.29) is 6.04 Å². The standard InChI is InChI=1S/C15H23ClN2O2S/c1-2-3-11-18(12-14-5-4-10-17-14)21(19,20)15-8-6-13(16)7-9-15/h6-9,14,17H,2-5,10-12H2,1H3. The molecule has 0 aromatic heterocycles. The van der Waals surface area contributed by atoms with Crippen molar-refractivity contribution in [3.8, 4) is 0 Å². The number of hydrogen-bond donors (Lipinski definition) is 1. The van der Waals surface area contributed by atoms with E-state index in [0.717, 1.165) is 32.2 Å². The Bertz CT molecular complexity index is 539. The highest BCUT2D eigenvalue weighted by atomic mass is 35.5. The summed E-state index contributed by atoms with van der Waals surface area (Å²) in [5, 5.41) is 3.92. The molecule has 0 saturated carbocycles. The van der Waals surface area contributed by atoms with Gasteiger partial charge in [-0.15, -0.1) is 0 Å². The smallest absolute Gasteiger partial charge is 0.243 e. The lowest BCUT2D eigenvalue weighted by molar-refractivity contribution is 0.364. The summed E-state index contributed by atoms with van der Waals surface area (Å²) in [5.41, 5.74) is 0. The molecule has 0 radical (unpaired) electrons. The van der Waals surface area contributed by atoms with E-state index in [1.54, 1.807) is 28.6 Å². The Morgan fingerprint density at radius 2 is 2.05 bits per heavy atom. The molecule has 2 rings (SSSR count). The molecule has 1 saturated heterocycles. The first-order valence-corrected chi connectivity index (χ1v) is 9.35. The van der Waals surface area contributed by atoms with Crippen molar-refractivity contribution in [3.63, 3.8) is 0 Å². The fourth-order valence-corrected chi connectivity index (χ4v) is 4.21. The van der Waals surface area contributed by atoms with Gasteiger partial charge >= 0.3 is 0 Å². The van der Waals surface area contributed by atoms with Crippen LogP contribution in [0.4, 0.5) is 0 Å². The number of nitrogens with one attached hydrogen (secondary N) is 1. The van der Waals surface area contributed by atoms with Crippen LogP contribution in [0.1, 0.15) is 32.6 Å². The zero-order valence-corrected chi connectivity index (χ0v) is 14.0. The third kappa shape index (κ3) is 4.42. The lowest BCUT2D eigenvalue weighted by Crippen LogP contribution is -2.41. The van der Waals surface area contributed by atoms with E-state index in [2.05, 4.69) is 12.2 Å². The molecule has 6 heteroatoms. The molecular formula is C15H23ClN2O2S. The van der Waals surface area contributed by atoms with Crippen molar-refractivity contribution in [1.29, 1.82) is 0 Å². The summed E-state index contributed by atoms with van der Waals surface area (Å²) < 4.78 is 27.2. The van der Waals surface area contributed by atoms with Crippen LogP contribution in [0.2, 0.25) is 5.02 Å². The van der Waals surface area contributed by atoms with Gasteiger partial charge in [0.05, 0.1) is 4.90 Å². The molecule has 0 bridgehead atoms. The molecule has 1 aromatic carbocycles. The van der Waals surface area contributed by atoms with Crippen molar-refractivity contribution in [2.24, 2.45) is 0 Å². The largest absolute Gasteiger partial charge is 0.313 e. The maximum absolute atomic E-state index is 12.8. The molecule has 1 atom stereocenters. The predicted molar refractivity (Wildman–Crippen MR) is 86.1 cm³/mol. The number of hydrogen-bond acceptors (Lipinski definition) is 3. The molecule has 1 fully saturated rings. The van der Waals surface area contributed by atoms with Crippen LogP contribution in [-0.4, -0.2) is 38.4 Å². The van der Waals surface area contributed by atoms with Crippen LogP contribution in [0.15, 0.2) is 29.2 Å². The Morgan fingerprint density at radius 3 is 2.62 bits per heavy atom. The second kappa shape index (κ2) is 7.58. The predicted octanol–water partition coefficient (Wildman–Crippen LogP) is 2.88. The highest BCUT2D eigenvalue weighted by Gasteiger charge is 2.27. The Labute approximate surface area is 132 Å². The Balaban J connectivity index is 2.18. The summed E-state index contributed by atoms with van der Waals surface area (Å²) in [5.74, 6) is 0. The Morgan fingerprint density at radius 1 is 1.33 bits per heavy atom. The fourth-order valence-electron chi connectivity index (χ4n) is 2.56. The van der Waals surface area contributed by atoms with Gasteiger partial charge in [0.1, 0.15) is 0 Å². The van der Waals surface area contributed by atoms with Crippen molar-refractivity contribution in [1.82, 2.24) is 9.62 Å². The van der Waals surface area contributed by atoms with E-state index >= 15 is 0 Å². The first-order chi connectivity index (χ1) is 10.0. The van der Waals surface area contributed by atoms with E-state index in [0.29, 0.717) is 23.0 Å². The molecule has 21 heavy (non-hydrogen) atoms. The number of halogens is 1. The van der Waals surface area contributed by atoms with Crippen molar-refractivity contribution < 1.29 is 8.42 Å². The lowest BCUT2D eigenvalue weighted by atomic mass is 10.2. The summed E-state index contributed by atoms with van der Waals surface area (Å²) >= 11 is 5.84. The third-order valence-electron chi connectivity index (χ3n) is 3.80. The molecule has 1 N–H and O–H groups in total. The summed E-state index contributed by atoms with van der Waals surface area (Å²) in [7, 11) is -3.44. The maximum atomic E-state index is 12.8. The van der Waals surface area contributed by atoms with Gasteiger partial charge in [0, 0.05) is 24.2 Å². The van der Waals surface area contributed by atoms with Gasteiger partial charge in [-0.2, -0.15) is 4.31 Å². The summed E-state index contributed by atoms with van der Waals surface area (Å²) in [6, 6.07) is 6.68. The van der Waals surface area contributed by atoms with Crippen LogP contribution >= 0.6 is 11.6 Å². The summed E-state index contributed by atoms with van der Waals surface area (Å²) in [6.07, 6.45) is 4.01. The molecule has 4 nitrogen and oxygen atoms in total. The van der Waals surface area contributed by atoms with Gasteiger partial charge in [0.2, 0.25) is 10.0 Å². The van der Waals surface area contributed by atoms with Gasteiger partial charge in [-0.05, 0) is 50.1 Å². The van der Waals surface area contributed by atoms with Gasteiger partial charge < -0.3 is 5.32 Å². The third-order valence-corrected chi connectivity index (χ3v) is 5.93. The second-order valence-electron chi connectivity index (χ2n) is 5.46. The average molecular weight is 331 g/mol. The second-order valence-corrected chi connectivity index (χ2v) is 7.84. The van der Waals surface area contributed by atoms with E-state index in [9.17, 15) is 8.42 Å². The number of rotatable bonds is 7. The normalized spacial score (nSPS) is 19.3. The number of sulfonamides is 1. The molecule has 1 aromatic rings. The van der Waals surface area contributed by atoms with E-state index in [4.69, 9.17) is 11.6 Å². The summed E-state index contributed by atoms with van der Waals surface area (Å²) in [6.45, 7) is 4.17. The van der Waals surface area contributed by atoms with Gasteiger partial charge in [0.25, 0.3) is 0 Å². The van der Waals surface area contributed by atoms with Crippen LogP contribution < -0.4 is 5.32 Å². The molecule has 1 aliphatic rings. The van der Waals surface area contributed by atoms with Gasteiger partial charge in [0.15, 0.2) is 0 Å². The quantitative estimate of drug-likeness (QED) is 0.836. The number of unbranched alkanes of at least 4 members (excludes halogenated alkanes) is 1. The molecule has 1 heterocycles. The maximum Gasteiger partial charge on any atom is 0.243 e. The number of nitrogens with zero attached hydrogens (tertiary/aromatic N) is 1. The van der Waals surface area contributed by atoms with Crippen molar-refractivity contribution in [2.45, 2.75) is 43.5 Å². The van der Waals surface area contributed by atoms with E-state index < -0.39 is 10.0 Å². The van der Waals surface area contributed by atoms with E-state index in [1.807, 2.05) is 0 Å². The van der Waals surface area contributed by atoms with Crippen LogP contribution in [0, 0.1) is 0 Å². The zero-order chi connectivity index (χ0) is 15.3. The minimum absolute atomic E-state index is 0.268. The SMILES string of the molecule is CCCCN(CC1CCCN1)S(=O)(=O)c1ccc(Cl)cc1. The van der Waals surface area contributed by atoms with Crippen LogP contribution in [0.25, 0.3) is 0 Å². The minimum Gasteiger partial charge on any atom is -0.313 e. The van der Waals surface area contributed by atoms with Gasteiger partial charge in [-0.3, -0.25) is 0 Å². The van der Waals surface area contributed by atoms with Gasteiger partial charge in [-0.1, -0.05) is 24.9 Å². The first kappa shape index (κ1) is 16.7. The first-order valence-electron chi connectivity index (χ1n) is 7.53. The zero-order valence-electron chi connectivity index (χ0n) is 12.4. The molecule has 0 spiro atoms. The van der Waals surface area contributed by atoms with Crippen molar-refractivity contribution in [3.05, 3.63) is 29.3 Å². The molecular weight excluding hydrogens is 308 g/mol. The average Bonchev–Trinajstić information content (AvgIpc) is 2.96. The Hall–Kier alpha value is -0.620. The summed E-state index contributed by atoms with van der Waals surface area (Å²) in [4.78, 5) is 0.320. The lowest BCUT2D eigenvalue weighted by Gasteiger charge is -2.25. The molecule has 0 amide bonds. The number of benzene rings is 1. The van der Waals surface area contributed by atoms with Crippen molar-refractivity contribution in [2.75, 3.05) is 19.6 Å². The van der Waals surface area contributed by atoms with E-state index in [1.165, 1.54) is 0 Å². The Kier molecular flexibility index (Phi) is 6.05. The minimum atomic E-state index is -3.44. The highest BCUT2D eigenvalue weighted by Crippen LogP contribution is 2.20. The monoisotopic (exact) mass is 330 g/mol. The van der Waals surface area contributed by atoms with Crippen LogP contribution in [0.3, 0.4) is 0 Å². The molecule has 0 aliphatic carbocycles. The fraction of sp³-hybridized carbons (Fsp3) is 0.600. The van der Waals surface area contributed by atoms with Crippen LogP contribution in [0.5, 0.6) is 0 Å². The van der Waals surface area contributed by atoms with Gasteiger partial charge in [-0.25, -0.2) is 8.42 Å². The molecule has 1 aliphatic heterocycles. The highest BCUT2D eigenvalue weighted by molar-refractivity contribution is 7.89. The molecule has 118 valence electrons. The van der Waals surface area contributed by atoms with Crippen LogP contribution in [-0.2, 0) is 10.0 Å². The topological polar surface area (TPSA) is 49.4 Å².